The molecule has 84 valence electrons. The summed E-state index contributed by atoms with van der Waals surface area (Å²) in [6, 6.07) is 0. The average Bonchev–Trinajstić information content (AvgIpc) is 2.60. The molecule has 1 aromatic rings. The van der Waals surface area contributed by atoms with Crippen molar-refractivity contribution in [2.45, 2.75) is 13.0 Å². The van der Waals surface area contributed by atoms with Crippen molar-refractivity contribution >= 4 is 5.84 Å². The first-order valence-electron chi connectivity index (χ1n) is 4.62. The predicted molar refractivity (Wildman–Crippen MR) is 55.4 cm³/mol. The largest absolute Gasteiger partial charge is 0.409 e. The summed E-state index contributed by atoms with van der Waals surface area (Å²) in [5.74, 6) is 0.237. The zero-order chi connectivity index (χ0) is 11.3. The van der Waals surface area contributed by atoms with Crippen LogP contribution in [0.3, 0.4) is 0 Å². The average molecular weight is 212 g/mol. The summed E-state index contributed by atoms with van der Waals surface area (Å²) in [7, 11) is 3.77. The summed E-state index contributed by atoms with van der Waals surface area (Å²) in [5, 5.41) is 19.1. The Balaban J connectivity index is 2.33. The van der Waals surface area contributed by atoms with Gasteiger partial charge in [0, 0.05) is 32.8 Å². The number of hydrogen-bond donors (Lipinski definition) is 2. The van der Waals surface area contributed by atoms with Gasteiger partial charge in [-0.2, -0.15) is 0 Å². The number of rotatable bonds is 5. The second kappa shape index (κ2) is 5.30. The van der Waals surface area contributed by atoms with Crippen LogP contribution in [0.5, 0.6) is 0 Å². The van der Waals surface area contributed by atoms with Gasteiger partial charge in [-0.15, -0.1) is 5.10 Å². The summed E-state index contributed by atoms with van der Waals surface area (Å²) in [6.45, 7) is 1.42. The maximum Gasteiger partial charge on any atom is 0.140 e. The minimum absolute atomic E-state index is 0.237. The predicted octanol–water partition coefficient (Wildman–Crippen LogP) is -0.617. The van der Waals surface area contributed by atoms with Gasteiger partial charge in [-0.1, -0.05) is 10.4 Å². The molecule has 0 aliphatic heterocycles. The van der Waals surface area contributed by atoms with Gasteiger partial charge in [-0.3, -0.25) is 9.58 Å². The SMILES string of the molecule is CN(CCC(N)=NO)Cc1cn(C)nn1. The van der Waals surface area contributed by atoms with E-state index in [2.05, 4.69) is 15.5 Å². The normalized spacial score (nSPS) is 12.3. The summed E-state index contributed by atoms with van der Waals surface area (Å²) >= 11 is 0. The van der Waals surface area contributed by atoms with Gasteiger partial charge in [0.25, 0.3) is 0 Å². The minimum atomic E-state index is 0.237. The molecule has 0 saturated carbocycles. The molecule has 0 fully saturated rings. The van der Waals surface area contributed by atoms with E-state index in [4.69, 9.17) is 10.9 Å². The molecule has 0 bridgehead atoms. The van der Waals surface area contributed by atoms with Gasteiger partial charge in [-0.05, 0) is 7.05 Å². The molecule has 0 amide bonds. The molecule has 1 heterocycles. The van der Waals surface area contributed by atoms with Crippen LogP contribution < -0.4 is 5.73 Å². The van der Waals surface area contributed by atoms with Crippen molar-refractivity contribution in [1.82, 2.24) is 19.9 Å². The van der Waals surface area contributed by atoms with E-state index >= 15 is 0 Å². The standard InChI is InChI=1S/C8H16N6O/c1-13(4-3-8(9)11-15)5-7-6-14(2)12-10-7/h6,15H,3-5H2,1-2H3,(H2,9,11). The van der Waals surface area contributed by atoms with E-state index in [1.165, 1.54) is 0 Å². The molecular formula is C8H16N6O. The van der Waals surface area contributed by atoms with Gasteiger partial charge in [0.1, 0.15) is 5.84 Å². The third-order valence-electron chi connectivity index (χ3n) is 1.96. The minimum Gasteiger partial charge on any atom is -0.409 e. The highest BCUT2D eigenvalue weighted by molar-refractivity contribution is 5.79. The van der Waals surface area contributed by atoms with Crippen LogP contribution in [0.2, 0.25) is 0 Å². The second-order valence-corrected chi connectivity index (χ2v) is 3.46. The van der Waals surface area contributed by atoms with E-state index in [1.807, 2.05) is 25.2 Å². The highest BCUT2D eigenvalue weighted by atomic mass is 16.4. The molecule has 7 heteroatoms. The van der Waals surface area contributed by atoms with Crippen LogP contribution >= 0.6 is 0 Å². The number of aromatic nitrogens is 3. The Kier molecular flexibility index (Phi) is 4.04. The van der Waals surface area contributed by atoms with E-state index in [0.29, 0.717) is 19.5 Å². The van der Waals surface area contributed by atoms with Crippen LogP contribution in [-0.4, -0.2) is 44.5 Å². The van der Waals surface area contributed by atoms with Crippen molar-refractivity contribution < 1.29 is 5.21 Å². The third-order valence-corrected chi connectivity index (χ3v) is 1.96. The Morgan fingerprint density at radius 2 is 2.47 bits per heavy atom. The van der Waals surface area contributed by atoms with E-state index in [-0.39, 0.29) is 5.84 Å². The maximum atomic E-state index is 8.36. The Morgan fingerprint density at radius 3 is 3.00 bits per heavy atom. The molecule has 0 unspecified atom stereocenters. The van der Waals surface area contributed by atoms with E-state index in [1.54, 1.807) is 4.68 Å². The molecule has 1 rings (SSSR count). The number of oxime groups is 1. The first-order chi connectivity index (χ1) is 7.11. The number of amidine groups is 1. The molecule has 0 spiro atoms. The summed E-state index contributed by atoms with van der Waals surface area (Å²) in [4.78, 5) is 2.03. The van der Waals surface area contributed by atoms with Crippen LogP contribution in [0.15, 0.2) is 11.4 Å². The number of nitrogens with two attached hydrogens (primary N) is 1. The molecule has 0 atom stereocenters. The van der Waals surface area contributed by atoms with E-state index < -0.39 is 0 Å². The topological polar surface area (TPSA) is 92.6 Å². The molecular weight excluding hydrogens is 196 g/mol. The highest BCUT2D eigenvalue weighted by Crippen LogP contribution is 1.98. The zero-order valence-corrected chi connectivity index (χ0v) is 8.96. The van der Waals surface area contributed by atoms with E-state index in [0.717, 1.165) is 5.69 Å². The molecule has 0 aliphatic rings. The lowest BCUT2D eigenvalue weighted by atomic mass is 10.3. The van der Waals surface area contributed by atoms with Crippen molar-refractivity contribution in [3.63, 3.8) is 0 Å². The lowest BCUT2D eigenvalue weighted by molar-refractivity contribution is 0.308. The Bertz CT molecular complexity index is 334. The lowest BCUT2D eigenvalue weighted by Crippen LogP contribution is -2.24. The smallest absolute Gasteiger partial charge is 0.140 e. The van der Waals surface area contributed by atoms with Crippen molar-refractivity contribution in [3.8, 4) is 0 Å². The zero-order valence-electron chi connectivity index (χ0n) is 8.96. The molecule has 1 aromatic heterocycles. The molecule has 7 nitrogen and oxygen atoms in total. The monoisotopic (exact) mass is 212 g/mol. The quantitative estimate of drug-likeness (QED) is 0.294. The van der Waals surface area contributed by atoms with Crippen LogP contribution in [0.25, 0.3) is 0 Å². The maximum absolute atomic E-state index is 8.36. The third kappa shape index (κ3) is 3.94. The Labute approximate surface area is 88.2 Å². The first-order valence-corrected chi connectivity index (χ1v) is 4.62. The van der Waals surface area contributed by atoms with Crippen molar-refractivity contribution in [3.05, 3.63) is 11.9 Å². The molecule has 0 aliphatic carbocycles. The van der Waals surface area contributed by atoms with Gasteiger partial charge in [0.15, 0.2) is 0 Å². The van der Waals surface area contributed by atoms with Crippen LogP contribution in [0, 0.1) is 0 Å². The fourth-order valence-electron chi connectivity index (χ4n) is 1.18. The fraction of sp³-hybridized carbons (Fsp3) is 0.625. The number of aryl methyl sites for hydroxylation is 1. The highest BCUT2D eigenvalue weighted by Gasteiger charge is 2.04. The van der Waals surface area contributed by atoms with Crippen LogP contribution in [0.4, 0.5) is 0 Å². The van der Waals surface area contributed by atoms with Gasteiger partial charge in [-0.25, -0.2) is 0 Å². The molecule has 3 N–H and O–H groups in total. The van der Waals surface area contributed by atoms with Crippen molar-refractivity contribution in [1.29, 1.82) is 0 Å². The first kappa shape index (κ1) is 11.4. The van der Waals surface area contributed by atoms with Gasteiger partial charge < -0.3 is 10.9 Å². The van der Waals surface area contributed by atoms with Crippen molar-refractivity contribution in [2.75, 3.05) is 13.6 Å². The van der Waals surface area contributed by atoms with Crippen LogP contribution in [0.1, 0.15) is 12.1 Å². The fourth-order valence-corrected chi connectivity index (χ4v) is 1.18. The summed E-state index contributed by atoms with van der Waals surface area (Å²) in [5.41, 5.74) is 6.26. The van der Waals surface area contributed by atoms with Gasteiger partial charge in [0.05, 0.1) is 5.69 Å². The Hall–Kier alpha value is -1.63. The second-order valence-electron chi connectivity index (χ2n) is 3.46. The van der Waals surface area contributed by atoms with Gasteiger partial charge in [0.2, 0.25) is 0 Å². The molecule has 0 aromatic carbocycles. The van der Waals surface area contributed by atoms with Crippen molar-refractivity contribution in [2.24, 2.45) is 17.9 Å². The van der Waals surface area contributed by atoms with E-state index in [9.17, 15) is 0 Å². The van der Waals surface area contributed by atoms with Gasteiger partial charge >= 0.3 is 0 Å². The van der Waals surface area contributed by atoms with Crippen LogP contribution in [-0.2, 0) is 13.6 Å². The molecule has 15 heavy (non-hydrogen) atoms. The molecule has 0 saturated heterocycles. The summed E-state index contributed by atoms with van der Waals surface area (Å²) in [6.07, 6.45) is 2.40. The lowest BCUT2D eigenvalue weighted by Gasteiger charge is -2.13. The molecule has 0 radical (unpaired) electrons. The number of hydrogen-bond acceptors (Lipinski definition) is 5. The Morgan fingerprint density at radius 1 is 1.73 bits per heavy atom. The number of nitrogens with zero attached hydrogens (tertiary/aromatic N) is 5. The summed E-state index contributed by atoms with van der Waals surface area (Å²) < 4.78 is 1.66.